The van der Waals surface area contributed by atoms with Crippen LogP contribution in [0.25, 0.3) is 5.83 Å². The summed E-state index contributed by atoms with van der Waals surface area (Å²) in [5.74, 6) is -5.46. The number of halogens is 5. The standard InChI is InChI=1S/C20H19F5/c1-2-4-16(21)19(24)15-9-7-13(8-10-15)5-3-6-14-11-17(22)20(25)18(23)12-14/h7-12H,2-6H2,1H3/b19-16-. The average molecular weight is 354 g/mol. The summed E-state index contributed by atoms with van der Waals surface area (Å²) in [5, 5.41) is 0. The monoisotopic (exact) mass is 354 g/mol. The van der Waals surface area contributed by atoms with Crippen LogP contribution in [0, 0.1) is 17.5 Å². The molecule has 5 heteroatoms. The Labute approximate surface area is 144 Å². The summed E-state index contributed by atoms with van der Waals surface area (Å²) in [5.41, 5.74) is 1.47. The molecule has 25 heavy (non-hydrogen) atoms. The molecule has 2 aromatic carbocycles. The second-order valence-corrected chi connectivity index (χ2v) is 5.89. The van der Waals surface area contributed by atoms with Gasteiger partial charge in [-0.1, -0.05) is 31.2 Å². The minimum absolute atomic E-state index is 0.0678. The highest BCUT2D eigenvalue weighted by Gasteiger charge is 2.11. The highest BCUT2D eigenvalue weighted by atomic mass is 19.2. The molecular formula is C20H19F5. The summed E-state index contributed by atoms with van der Waals surface area (Å²) >= 11 is 0. The van der Waals surface area contributed by atoms with Crippen LogP contribution in [-0.4, -0.2) is 0 Å². The third kappa shape index (κ3) is 5.15. The minimum atomic E-state index is -1.47. The highest BCUT2D eigenvalue weighted by Crippen LogP contribution is 2.25. The zero-order valence-electron chi connectivity index (χ0n) is 13.9. The van der Waals surface area contributed by atoms with Gasteiger partial charge in [-0.3, -0.25) is 0 Å². The number of hydrogen-bond donors (Lipinski definition) is 0. The first-order chi connectivity index (χ1) is 11.9. The van der Waals surface area contributed by atoms with Crippen molar-refractivity contribution >= 4 is 5.83 Å². The van der Waals surface area contributed by atoms with E-state index >= 15 is 0 Å². The largest absolute Gasteiger partial charge is 0.209 e. The van der Waals surface area contributed by atoms with E-state index in [0.29, 0.717) is 31.2 Å². The summed E-state index contributed by atoms with van der Waals surface area (Å²) in [6.45, 7) is 1.77. The Balaban J connectivity index is 1.95. The first kappa shape index (κ1) is 19.2. The molecule has 0 N–H and O–H groups in total. The minimum Gasteiger partial charge on any atom is -0.209 e. The van der Waals surface area contributed by atoms with Gasteiger partial charge in [0.05, 0.1) is 0 Å². The molecule has 2 aromatic rings. The average Bonchev–Trinajstić information content (AvgIpc) is 2.60. The lowest BCUT2D eigenvalue weighted by molar-refractivity contribution is 0.445. The molecule has 0 aromatic heterocycles. The molecular weight excluding hydrogens is 335 g/mol. The lowest BCUT2D eigenvalue weighted by Crippen LogP contribution is -1.96. The van der Waals surface area contributed by atoms with Crippen LogP contribution >= 0.6 is 0 Å². The fourth-order valence-electron chi connectivity index (χ4n) is 2.55. The van der Waals surface area contributed by atoms with Crippen molar-refractivity contribution in [3.05, 3.63) is 76.4 Å². The Morgan fingerprint density at radius 3 is 1.96 bits per heavy atom. The molecule has 0 amide bonds. The van der Waals surface area contributed by atoms with Gasteiger partial charge in [0, 0.05) is 12.0 Å². The molecule has 0 spiro atoms. The van der Waals surface area contributed by atoms with Crippen LogP contribution in [0.2, 0.25) is 0 Å². The van der Waals surface area contributed by atoms with E-state index < -0.39 is 29.1 Å². The fourth-order valence-corrected chi connectivity index (χ4v) is 2.55. The van der Waals surface area contributed by atoms with Crippen LogP contribution in [0.15, 0.2) is 42.2 Å². The van der Waals surface area contributed by atoms with Crippen molar-refractivity contribution in [2.75, 3.05) is 0 Å². The van der Waals surface area contributed by atoms with E-state index in [0.717, 1.165) is 17.7 Å². The molecule has 0 aliphatic carbocycles. The van der Waals surface area contributed by atoms with Crippen molar-refractivity contribution in [3.8, 4) is 0 Å². The zero-order valence-corrected chi connectivity index (χ0v) is 13.9. The van der Waals surface area contributed by atoms with Gasteiger partial charge in [0.25, 0.3) is 0 Å². The normalized spacial score (nSPS) is 12.2. The third-order valence-electron chi connectivity index (χ3n) is 3.89. The van der Waals surface area contributed by atoms with Gasteiger partial charge in [0.1, 0.15) is 5.83 Å². The topological polar surface area (TPSA) is 0 Å². The Morgan fingerprint density at radius 2 is 1.40 bits per heavy atom. The molecule has 0 nitrogen and oxygen atoms in total. The van der Waals surface area contributed by atoms with Gasteiger partial charge in [-0.25, -0.2) is 22.0 Å². The summed E-state index contributed by atoms with van der Waals surface area (Å²) in [6.07, 6.45) is 2.17. The Kier molecular flexibility index (Phi) is 6.73. The number of benzene rings is 2. The summed E-state index contributed by atoms with van der Waals surface area (Å²) in [7, 11) is 0. The second kappa shape index (κ2) is 8.79. The quantitative estimate of drug-likeness (QED) is 0.384. The van der Waals surface area contributed by atoms with Crippen molar-refractivity contribution in [2.24, 2.45) is 0 Å². The Hall–Kier alpha value is -2.17. The van der Waals surface area contributed by atoms with Crippen LogP contribution in [0.3, 0.4) is 0 Å². The van der Waals surface area contributed by atoms with Crippen LogP contribution in [0.5, 0.6) is 0 Å². The first-order valence-corrected chi connectivity index (χ1v) is 8.19. The molecule has 0 fully saturated rings. The van der Waals surface area contributed by atoms with Gasteiger partial charge in [-0.15, -0.1) is 0 Å². The molecule has 0 radical (unpaired) electrons. The molecule has 2 rings (SSSR count). The van der Waals surface area contributed by atoms with E-state index in [1.54, 1.807) is 19.1 Å². The molecule has 0 aliphatic rings. The Bertz CT molecular complexity index is 724. The molecule has 0 saturated carbocycles. The Morgan fingerprint density at radius 1 is 0.840 bits per heavy atom. The first-order valence-electron chi connectivity index (χ1n) is 8.19. The summed E-state index contributed by atoms with van der Waals surface area (Å²) in [4.78, 5) is 0. The van der Waals surface area contributed by atoms with Crippen molar-refractivity contribution in [1.29, 1.82) is 0 Å². The second-order valence-electron chi connectivity index (χ2n) is 5.89. The van der Waals surface area contributed by atoms with Gasteiger partial charge in [-0.05, 0) is 48.9 Å². The van der Waals surface area contributed by atoms with Crippen LogP contribution in [0.4, 0.5) is 22.0 Å². The number of hydrogen-bond acceptors (Lipinski definition) is 0. The molecule has 0 bridgehead atoms. The fraction of sp³-hybridized carbons (Fsp3) is 0.300. The summed E-state index contributed by atoms with van der Waals surface area (Å²) < 4.78 is 66.5. The van der Waals surface area contributed by atoms with Crippen molar-refractivity contribution in [1.82, 2.24) is 0 Å². The zero-order chi connectivity index (χ0) is 18.4. The van der Waals surface area contributed by atoms with E-state index in [9.17, 15) is 22.0 Å². The summed E-state index contributed by atoms with van der Waals surface area (Å²) in [6, 6.07) is 8.38. The van der Waals surface area contributed by atoms with Crippen LogP contribution in [-0.2, 0) is 12.8 Å². The number of rotatable bonds is 7. The van der Waals surface area contributed by atoms with Gasteiger partial charge in [0.2, 0.25) is 0 Å². The highest BCUT2D eigenvalue weighted by molar-refractivity contribution is 5.61. The van der Waals surface area contributed by atoms with E-state index in [1.165, 1.54) is 12.1 Å². The SMILES string of the molecule is CCC/C(F)=C(/F)c1ccc(CCCc2cc(F)c(F)c(F)c2)cc1. The predicted octanol–water partition coefficient (Wildman–Crippen LogP) is 6.69. The maximum Gasteiger partial charge on any atom is 0.194 e. The lowest BCUT2D eigenvalue weighted by Gasteiger charge is -2.06. The molecule has 0 aliphatic heterocycles. The van der Waals surface area contributed by atoms with Gasteiger partial charge in [-0.2, -0.15) is 0 Å². The molecule has 0 unspecified atom stereocenters. The maximum absolute atomic E-state index is 13.8. The van der Waals surface area contributed by atoms with Crippen molar-refractivity contribution < 1.29 is 22.0 Å². The van der Waals surface area contributed by atoms with Gasteiger partial charge in [0.15, 0.2) is 23.3 Å². The van der Waals surface area contributed by atoms with Crippen LogP contribution in [0.1, 0.15) is 42.9 Å². The van der Waals surface area contributed by atoms with Crippen LogP contribution < -0.4 is 0 Å². The maximum atomic E-state index is 13.8. The van der Waals surface area contributed by atoms with E-state index in [-0.39, 0.29) is 12.0 Å². The number of aryl methyl sites for hydroxylation is 2. The molecule has 134 valence electrons. The van der Waals surface area contributed by atoms with Crippen molar-refractivity contribution in [2.45, 2.75) is 39.0 Å². The smallest absolute Gasteiger partial charge is 0.194 e. The van der Waals surface area contributed by atoms with E-state index in [2.05, 4.69) is 0 Å². The number of allylic oxidation sites excluding steroid dienone is 1. The predicted molar refractivity (Wildman–Crippen MR) is 88.8 cm³/mol. The third-order valence-corrected chi connectivity index (χ3v) is 3.89. The van der Waals surface area contributed by atoms with Crippen molar-refractivity contribution in [3.63, 3.8) is 0 Å². The molecule has 0 heterocycles. The molecule has 0 atom stereocenters. The van der Waals surface area contributed by atoms with E-state index in [1.807, 2.05) is 0 Å². The van der Waals surface area contributed by atoms with Gasteiger partial charge >= 0.3 is 0 Å². The molecule has 0 saturated heterocycles. The van der Waals surface area contributed by atoms with Gasteiger partial charge < -0.3 is 0 Å². The van der Waals surface area contributed by atoms with E-state index in [4.69, 9.17) is 0 Å². The lowest BCUT2D eigenvalue weighted by atomic mass is 10.0.